The number of piperidine rings is 1. The summed E-state index contributed by atoms with van der Waals surface area (Å²) in [5, 5.41) is 7.49. The molecule has 2 N–H and O–H groups in total. The minimum Gasteiger partial charge on any atom is -0.324 e. The standard InChI is InChI=1S/C33H38N6O2S/c1-38-18-5-4-9-30(38)29-20-26-21-35-33(36-27-12-10-24(11-13-27)25-14-16-34-17-15-25)37-31(26)39(32(29)40)22-23-7-6-8-28(19-23)42(2,3)41/h6-8,10-14,19-21,30,34H,2,4-5,9,15-18,22H2,1,3H3,(H,35,36,37). The molecule has 0 radical (unpaired) electrons. The van der Waals surface area contributed by atoms with E-state index in [-0.39, 0.29) is 11.6 Å². The van der Waals surface area contributed by atoms with E-state index in [0.29, 0.717) is 23.0 Å². The maximum atomic E-state index is 14.1. The Labute approximate surface area is 247 Å². The zero-order valence-corrected chi connectivity index (χ0v) is 25.1. The molecule has 2 aromatic carbocycles. The van der Waals surface area contributed by atoms with E-state index in [0.717, 1.165) is 67.5 Å². The molecule has 42 heavy (non-hydrogen) atoms. The molecule has 0 aliphatic carbocycles. The quantitative estimate of drug-likeness (QED) is 0.302. The Balaban J connectivity index is 1.39. The van der Waals surface area contributed by atoms with Gasteiger partial charge in [-0.25, -0.2) is 4.98 Å². The Morgan fingerprint density at radius 2 is 1.98 bits per heavy atom. The molecule has 4 aromatic rings. The van der Waals surface area contributed by atoms with Gasteiger partial charge in [-0.15, -0.1) is 0 Å². The minimum atomic E-state index is -2.39. The molecule has 2 aliphatic rings. The normalized spacial score (nSPS) is 19.3. The molecule has 4 heterocycles. The third-order valence-electron chi connectivity index (χ3n) is 8.30. The van der Waals surface area contributed by atoms with Gasteiger partial charge in [0.15, 0.2) is 0 Å². The lowest BCUT2D eigenvalue weighted by atomic mass is 9.96. The molecule has 0 bridgehead atoms. The Bertz CT molecular complexity index is 1810. The number of hydrogen-bond acceptors (Lipinski definition) is 7. The first-order valence-electron chi connectivity index (χ1n) is 14.6. The van der Waals surface area contributed by atoms with Crippen LogP contribution in [-0.4, -0.2) is 62.5 Å². The van der Waals surface area contributed by atoms with Crippen LogP contribution in [-0.2, 0) is 16.1 Å². The van der Waals surface area contributed by atoms with E-state index < -0.39 is 9.52 Å². The molecule has 8 nitrogen and oxygen atoms in total. The van der Waals surface area contributed by atoms with Crippen LogP contribution in [0.15, 0.2) is 76.6 Å². The van der Waals surface area contributed by atoms with Crippen molar-refractivity contribution in [2.45, 2.75) is 43.2 Å². The molecular weight excluding hydrogens is 544 g/mol. The maximum absolute atomic E-state index is 14.1. The molecule has 0 saturated carbocycles. The first-order chi connectivity index (χ1) is 20.3. The molecule has 2 aliphatic heterocycles. The van der Waals surface area contributed by atoms with Crippen molar-refractivity contribution >= 4 is 43.6 Å². The molecule has 0 spiro atoms. The summed E-state index contributed by atoms with van der Waals surface area (Å²) in [6.45, 7) is 3.16. The van der Waals surface area contributed by atoms with Crippen molar-refractivity contribution in [1.82, 2.24) is 24.8 Å². The molecule has 2 unspecified atom stereocenters. The summed E-state index contributed by atoms with van der Waals surface area (Å²) in [7, 11) is -0.304. The Kier molecular flexibility index (Phi) is 7.98. The summed E-state index contributed by atoms with van der Waals surface area (Å²) in [5.41, 5.74) is 5.60. The number of benzene rings is 2. The van der Waals surface area contributed by atoms with Crippen LogP contribution in [0.25, 0.3) is 16.6 Å². The van der Waals surface area contributed by atoms with Crippen molar-refractivity contribution in [1.29, 1.82) is 0 Å². The number of hydrogen-bond donors (Lipinski definition) is 2. The Morgan fingerprint density at radius 1 is 1.14 bits per heavy atom. The summed E-state index contributed by atoms with van der Waals surface area (Å²) >= 11 is 0. The van der Waals surface area contributed by atoms with Gasteiger partial charge in [0, 0.05) is 46.6 Å². The maximum Gasteiger partial charge on any atom is 0.257 e. The number of nitrogens with zero attached hydrogens (tertiary/aromatic N) is 4. The third-order valence-corrected chi connectivity index (χ3v) is 9.55. The van der Waals surface area contributed by atoms with Crippen molar-refractivity contribution in [3.8, 4) is 0 Å². The highest BCUT2D eigenvalue weighted by molar-refractivity contribution is 7.99. The van der Waals surface area contributed by atoms with Gasteiger partial charge < -0.3 is 10.6 Å². The van der Waals surface area contributed by atoms with E-state index in [4.69, 9.17) is 4.98 Å². The third kappa shape index (κ3) is 6.04. The van der Waals surface area contributed by atoms with E-state index in [1.54, 1.807) is 17.0 Å². The molecule has 1 saturated heterocycles. The summed E-state index contributed by atoms with van der Waals surface area (Å²) in [6, 6.07) is 17.8. The fourth-order valence-electron chi connectivity index (χ4n) is 5.97. The van der Waals surface area contributed by atoms with Gasteiger partial charge in [0.25, 0.3) is 5.56 Å². The molecule has 1 fully saturated rings. The van der Waals surface area contributed by atoms with Gasteiger partial charge in [0.05, 0.1) is 6.54 Å². The number of anilines is 2. The van der Waals surface area contributed by atoms with Gasteiger partial charge in [-0.05, 0) is 102 Å². The molecule has 0 amide bonds. The number of fused-ring (bicyclic) bond motifs is 1. The molecule has 218 valence electrons. The summed E-state index contributed by atoms with van der Waals surface area (Å²) in [4.78, 5) is 26.6. The van der Waals surface area contributed by atoms with Gasteiger partial charge in [0.2, 0.25) is 5.95 Å². The van der Waals surface area contributed by atoms with Crippen LogP contribution in [0.4, 0.5) is 11.6 Å². The van der Waals surface area contributed by atoms with Gasteiger partial charge >= 0.3 is 0 Å². The number of nitrogens with one attached hydrogen (secondary N) is 2. The number of pyridine rings is 1. The van der Waals surface area contributed by atoms with Crippen LogP contribution in [0, 0.1) is 0 Å². The number of rotatable bonds is 7. The van der Waals surface area contributed by atoms with Crippen LogP contribution in [0.3, 0.4) is 0 Å². The van der Waals surface area contributed by atoms with E-state index in [2.05, 4.69) is 51.6 Å². The first kappa shape index (κ1) is 28.3. The van der Waals surface area contributed by atoms with Crippen LogP contribution in [0.1, 0.15) is 48.4 Å². The van der Waals surface area contributed by atoms with E-state index in [1.807, 2.05) is 42.5 Å². The molecule has 9 heteroatoms. The van der Waals surface area contributed by atoms with Crippen molar-refractivity contribution in [2.24, 2.45) is 0 Å². The fraction of sp³-hybridized carbons (Fsp3) is 0.333. The van der Waals surface area contributed by atoms with Crippen LogP contribution in [0.2, 0.25) is 0 Å². The molecule has 2 aromatic heterocycles. The van der Waals surface area contributed by atoms with E-state index in [9.17, 15) is 9.00 Å². The Morgan fingerprint density at radius 3 is 2.71 bits per heavy atom. The highest BCUT2D eigenvalue weighted by atomic mass is 32.2. The van der Waals surface area contributed by atoms with Crippen molar-refractivity contribution in [2.75, 3.05) is 38.3 Å². The van der Waals surface area contributed by atoms with Gasteiger partial charge in [-0.1, -0.05) is 36.8 Å². The topological polar surface area (TPSA) is 92.2 Å². The van der Waals surface area contributed by atoms with Gasteiger partial charge in [0.1, 0.15) is 5.65 Å². The van der Waals surface area contributed by atoms with E-state index in [1.165, 1.54) is 11.1 Å². The monoisotopic (exact) mass is 582 g/mol. The fourth-order valence-corrected chi connectivity index (χ4v) is 6.74. The van der Waals surface area contributed by atoms with Crippen molar-refractivity contribution in [3.05, 3.63) is 93.9 Å². The minimum absolute atomic E-state index is 0.0498. The molecular formula is C33H38N6O2S. The second-order valence-electron chi connectivity index (χ2n) is 11.5. The average Bonchev–Trinajstić information content (AvgIpc) is 3.00. The summed E-state index contributed by atoms with van der Waals surface area (Å²) in [6.07, 6.45) is 9.86. The van der Waals surface area contributed by atoms with Gasteiger partial charge in [-0.2, -0.15) is 4.98 Å². The lowest BCUT2D eigenvalue weighted by Crippen LogP contribution is -2.35. The van der Waals surface area contributed by atoms with Crippen LogP contribution >= 0.6 is 0 Å². The predicted octanol–water partition coefficient (Wildman–Crippen LogP) is 4.82. The zero-order valence-electron chi connectivity index (χ0n) is 24.3. The molecule has 6 rings (SSSR count). The van der Waals surface area contributed by atoms with Gasteiger partial charge in [-0.3, -0.25) is 18.5 Å². The van der Waals surface area contributed by atoms with Crippen molar-refractivity contribution in [3.63, 3.8) is 0 Å². The SMILES string of the molecule is C=S(C)(=O)c1cccc(Cn2c(=O)c(C3CCCCN3C)cc3cnc(Nc4ccc(C5=CCNCC5)cc4)nc32)c1. The average molecular weight is 583 g/mol. The summed E-state index contributed by atoms with van der Waals surface area (Å²) < 4.78 is 14.4. The van der Waals surface area contributed by atoms with Crippen LogP contribution in [0.5, 0.6) is 0 Å². The highest BCUT2D eigenvalue weighted by Gasteiger charge is 2.25. The first-order valence-corrected chi connectivity index (χ1v) is 16.7. The second-order valence-corrected chi connectivity index (χ2v) is 14.0. The molecule has 2 atom stereocenters. The zero-order chi connectivity index (χ0) is 29.3. The lowest BCUT2D eigenvalue weighted by molar-refractivity contribution is 0.186. The van der Waals surface area contributed by atoms with E-state index >= 15 is 0 Å². The smallest absolute Gasteiger partial charge is 0.257 e. The second kappa shape index (κ2) is 11.8. The Hall–Kier alpha value is -3.79. The highest BCUT2D eigenvalue weighted by Crippen LogP contribution is 2.30. The summed E-state index contributed by atoms with van der Waals surface area (Å²) in [5.74, 6) is 4.27. The number of aromatic nitrogens is 3. The predicted molar refractivity (Wildman–Crippen MR) is 173 cm³/mol. The van der Waals surface area contributed by atoms with Crippen molar-refractivity contribution < 1.29 is 4.21 Å². The number of likely N-dealkylation sites (tertiary alicyclic amines) is 1. The lowest BCUT2D eigenvalue weighted by Gasteiger charge is -2.32. The van der Waals surface area contributed by atoms with Crippen LogP contribution < -0.4 is 16.2 Å². The largest absolute Gasteiger partial charge is 0.324 e.